The molecule has 0 aliphatic carbocycles. The Morgan fingerprint density at radius 2 is 2.12 bits per heavy atom. The number of carbonyl (C=O) groups is 2. The Morgan fingerprint density at radius 1 is 1.33 bits per heavy atom. The number of benzene rings is 1. The summed E-state index contributed by atoms with van der Waals surface area (Å²) in [5, 5.41) is 8.09. The molecule has 0 radical (unpaired) electrons. The Hall–Kier alpha value is -2.38. The van der Waals surface area contributed by atoms with E-state index in [9.17, 15) is 9.59 Å². The fourth-order valence-electron chi connectivity index (χ4n) is 2.19. The SMILES string of the molecule is CCOC(=O)Cn1ccc(NC(=O)c2sc3ccccc3c2Cl)n1. The summed E-state index contributed by atoms with van der Waals surface area (Å²) in [7, 11) is 0. The summed E-state index contributed by atoms with van der Waals surface area (Å²) in [4.78, 5) is 24.3. The first-order valence-corrected chi connectivity index (χ1v) is 8.45. The second-order valence-corrected chi connectivity index (χ2v) is 6.33. The Balaban J connectivity index is 1.73. The number of carbonyl (C=O) groups excluding carboxylic acids is 2. The molecule has 0 aliphatic heterocycles. The van der Waals surface area contributed by atoms with E-state index < -0.39 is 0 Å². The van der Waals surface area contributed by atoms with E-state index in [-0.39, 0.29) is 18.4 Å². The van der Waals surface area contributed by atoms with Gasteiger partial charge in [-0.2, -0.15) is 5.10 Å². The van der Waals surface area contributed by atoms with Gasteiger partial charge in [-0.3, -0.25) is 14.3 Å². The third kappa shape index (κ3) is 3.42. The highest BCUT2D eigenvalue weighted by molar-refractivity contribution is 7.21. The van der Waals surface area contributed by atoms with E-state index in [1.165, 1.54) is 16.0 Å². The Labute approximate surface area is 147 Å². The number of nitrogens with one attached hydrogen (secondary N) is 1. The van der Waals surface area contributed by atoms with Crippen LogP contribution in [0.25, 0.3) is 10.1 Å². The lowest BCUT2D eigenvalue weighted by Crippen LogP contribution is -2.15. The molecule has 0 fully saturated rings. The van der Waals surface area contributed by atoms with Crippen LogP contribution in [0.1, 0.15) is 16.6 Å². The molecular formula is C16H14ClN3O3S. The molecule has 24 heavy (non-hydrogen) atoms. The monoisotopic (exact) mass is 363 g/mol. The molecule has 1 aromatic carbocycles. The van der Waals surface area contributed by atoms with Gasteiger partial charge in [0.05, 0.1) is 11.6 Å². The zero-order chi connectivity index (χ0) is 17.1. The van der Waals surface area contributed by atoms with Crippen molar-refractivity contribution in [2.45, 2.75) is 13.5 Å². The molecule has 0 spiro atoms. The second kappa shape index (κ2) is 7.02. The standard InChI is InChI=1S/C16H14ClN3O3S/c1-2-23-13(21)9-20-8-7-12(19-20)18-16(22)15-14(17)10-5-3-4-6-11(10)24-15/h3-8H,2,9H2,1H3,(H,18,19,22). The van der Waals surface area contributed by atoms with Gasteiger partial charge >= 0.3 is 5.97 Å². The van der Waals surface area contributed by atoms with Crippen molar-refractivity contribution >= 4 is 50.7 Å². The molecule has 0 saturated carbocycles. The molecule has 124 valence electrons. The molecule has 3 rings (SSSR count). The number of amides is 1. The maximum Gasteiger partial charge on any atom is 0.327 e. The van der Waals surface area contributed by atoms with Crippen molar-refractivity contribution in [3.8, 4) is 0 Å². The molecular weight excluding hydrogens is 350 g/mol. The van der Waals surface area contributed by atoms with E-state index in [0.29, 0.717) is 22.3 Å². The molecule has 0 aliphatic rings. The van der Waals surface area contributed by atoms with Crippen molar-refractivity contribution in [3.05, 3.63) is 46.4 Å². The number of anilines is 1. The van der Waals surface area contributed by atoms with Gasteiger partial charge in [0.25, 0.3) is 5.91 Å². The number of ether oxygens (including phenoxy) is 1. The predicted molar refractivity (Wildman–Crippen MR) is 93.6 cm³/mol. The van der Waals surface area contributed by atoms with Gasteiger partial charge in [-0.05, 0) is 13.0 Å². The summed E-state index contributed by atoms with van der Waals surface area (Å²) in [6.07, 6.45) is 1.60. The molecule has 0 atom stereocenters. The molecule has 2 aromatic heterocycles. The number of aromatic nitrogens is 2. The first kappa shape index (κ1) is 16.5. The van der Waals surface area contributed by atoms with Crippen LogP contribution in [-0.4, -0.2) is 28.3 Å². The Morgan fingerprint density at radius 3 is 2.88 bits per heavy atom. The fraction of sp³-hybridized carbons (Fsp3) is 0.188. The smallest absolute Gasteiger partial charge is 0.327 e. The van der Waals surface area contributed by atoms with Crippen molar-refractivity contribution in [1.82, 2.24) is 9.78 Å². The van der Waals surface area contributed by atoms with Crippen LogP contribution in [0.15, 0.2) is 36.5 Å². The number of hydrogen-bond donors (Lipinski definition) is 1. The van der Waals surface area contributed by atoms with Crippen LogP contribution >= 0.6 is 22.9 Å². The maximum atomic E-state index is 12.4. The summed E-state index contributed by atoms with van der Waals surface area (Å²) in [6, 6.07) is 9.17. The fourth-order valence-corrected chi connectivity index (χ4v) is 3.60. The Bertz CT molecular complexity index is 903. The average Bonchev–Trinajstić information content (AvgIpc) is 3.12. The Kier molecular flexibility index (Phi) is 4.82. The zero-order valence-electron chi connectivity index (χ0n) is 12.8. The van der Waals surface area contributed by atoms with Gasteiger partial charge in [0.1, 0.15) is 11.4 Å². The molecule has 2 heterocycles. The van der Waals surface area contributed by atoms with Crippen LogP contribution < -0.4 is 5.32 Å². The topological polar surface area (TPSA) is 73.2 Å². The van der Waals surface area contributed by atoms with Crippen LogP contribution in [-0.2, 0) is 16.1 Å². The maximum absolute atomic E-state index is 12.4. The van der Waals surface area contributed by atoms with E-state index in [1.54, 1.807) is 19.2 Å². The normalized spacial score (nSPS) is 10.8. The molecule has 1 amide bonds. The van der Waals surface area contributed by atoms with Crippen molar-refractivity contribution in [2.75, 3.05) is 11.9 Å². The van der Waals surface area contributed by atoms with Gasteiger partial charge in [-0.15, -0.1) is 11.3 Å². The van der Waals surface area contributed by atoms with Crippen LogP contribution in [0.3, 0.4) is 0 Å². The summed E-state index contributed by atoms with van der Waals surface area (Å²) in [5.41, 5.74) is 0. The summed E-state index contributed by atoms with van der Waals surface area (Å²) >= 11 is 7.61. The van der Waals surface area contributed by atoms with Crippen LogP contribution in [0, 0.1) is 0 Å². The number of thiophene rings is 1. The van der Waals surface area contributed by atoms with Gasteiger partial charge in [-0.1, -0.05) is 29.8 Å². The van der Waals surface area contributed by atoms with Gasteiger partial charge in [-0.25, -0.2) is 0 Å². The van der Waals surface area contributed by atoms with E-state index in [2.05, 4.69) is 10.4 Å². The molecule has 6 nitrogen and oxygen atoms in total. The number of hydrogen-bond acceptors (Lipinski definition) is 5. The summed E-state index contributed by atoms with van der Waals surface area (Å²) in [5.74, 6) is -0.369. The van der Waals surface area contributed by atoms with E-state index in [1.807, 2.05) is 24.3 Å². The van der Waals surface area contributed by atoms with E-state index in [4.69, 9.17) is 16.3 Å². The van der Waals surface area contributed by atoms with Crippen LogP contribution in [0.2, 0.25) is 5.02 Å². The molecule has 0 saturated heterocycles. The average molecular weight is 364 g/mol. The summed E-state index contributed by atoms with van der Waals surface area (Å²) < 4.78 is 7.20. The third-order valence-corrected chi connectivity index (χ3v) is 4.89. The molecule has 0 unspecified atom stereocenters. The minimum Gasteiger partial charge on any atom is -0.465 e. The van der Waals surface area contributed by atoms with Gasteiger partial charge in [0.15, 0.2) is 5.82 Å². The predicted octanol–water partition coefficient (Wildman–Crippen LogP) is 3.57. The van der Waals surface area contributed by atoms with Gasteiger partial charge in [0, 0.05) is 22.3 Å². The van der Waals surface area contributed by atoms with E-state index in [0.717, 1.165) is 10.1 Å². The van der Waals surface area contributed by atoms with Crippen LogP contribution in [0.5, 0.6) is 0 Å². The quantitative estimate of drug-likeness (QED) is 0.703. The van der Waals surface area contributed by atoms with Crippen LogP contribution in [0.4, 0.5) is 5.82 Å². The lowest BCUT2D eigenvalue weighted by molar-refractivity contribution is -0.144. The number of halogens is 1. The lowest BCUT2D eigenvalue weighted by Gasteiger charge is -2.02. The lowest BCUT2D eigenvalue weighted by atomic mass is 10.2. The van der Waals surface area contributed by atoms with Crippen molar-refractivity contribution in [1.29, 1.82) is 0 Å². The first-order valence-electron chi connectivity index (χ1n) is 7.26. The molecule has 3 aromatic rings. The number of esters is 1. The van der Waals surface area contributed by atoms with Crippen molar-refractivity contribution < 1.29 is 14.3 Å². The van der Waals surface area contributed by atoms with E-state index >= 15 is 0 Å². The highest BCUT2D eigenvalue weighted by Crippen LogP contribution is 2.35. The second-order valence-electron chi connectivity index (χ2n) is 4.90. The van der Waals surface area contributed by atoms with Gasteiger partial charge < -0.3 is 10.1 Å². The highest BCUT2D eigenvalue weighted by Gasteiger charge is 2.18. The molecule has 0 bridgehead atoms. The minimum atomic E-state index is -0.383. The number of fused-ring (bicyclic) bond motifs is 1. The van der Waals surface area contributed by atoms with Gasteiger partial charge in [0.2, 0.25) is 0 Å². The molecule has 8 heteroatoms. The number of nitrogens with zero attached hydrogens (tertiary/aromatic N) is 2. The first-order chi connectivity index (χ1) is 11.6. The van der Waals surface area contributed by atoms with Crippen molar-refractivity contribution in [2.24, 2.45) is 0 Å². The summed E-state index contributed by atoms with van der Waals surface area (Å²) in [6.45, 7) is 2.04. The third-order valence-electron chi connectivity index (χ3n) is 3.22. The highest BCUT2D eigenvalue weighted by atomic mass is 35.5. The largest absolute Gasteiger partial charge is 0.465 e. The minimum absolute atomic E-state index is 0.00659. The molecule has 1 N–H and O–H groups in total. The van der Waals surface area contributed by atoms with Crippen molar-refractivity contribution in [3.63, 3.8) is 0 Å². The number of rotatable bonds is 5. The zero-order valence-corrected chi connectivity index (χ0v) is 14.4.